The minimum atomic E-state index is -1.34. The standard InChI is InChI=1S/C31H21FNS.C17H22NSi.Ir/c1-20(21-6-3-2-4-7-21)23-16-17-33-29(18-23)28-9-5-8-27-26-15-12-24(19-30(26)34-31(27)28)22-10-13-25(32)14-11-22;1-13(2)15-11-16(14-9-7-6-8-10-14)18-12-17(15)19(3,4)5;/h2-8,10-20H,1H3;6-9,11-13H,1-5H3;/q2*-1;. The molecule has 0 amide bonds. The van der Waals surface area contributed by atoms with Gasteiger partial charge in [0.2, 0.25) is 0 Å². The number of aromatic nitrogens is 2. The summed E-state index contributed by atoms with van der Waals surface area (Å²) in [5.74, 6) is 0.596. The first kappa shape index (κ1) is 39.1. The van der Waals surface area contributed by atoms with Crippen LogP contribution in [0.25, 0.3) is 53.8 Å². The zero-order valence-electron chi connectivity index (χ0n) is 31.4. The number of fused-ring (bicyclic) bond motifs is 3. The molecule has 273 valence electrons. The van der Waals surface area contributed by atoms with Gasteiger partial charge in [0.05, 0.1) is 8.07 Å². The van der Waals surface area contributed by atoms with E-state index in [1.807, 2.05) is 48.7 Å². The summed E-state index contributed by atoms with van der Waals surface area (Å²) in [5, 5.41) is 3.90. The van der Waals surface area contributed by atoms with Gasteiger partial charge in [0.15, 0.2) is 0 Å². The number of pyridine rings is 2. The molecule has 0 fully saturated rings. The first-order valence-electron chi connectivity index (χ1n) is 18.2. The first-order valence-corrected chi connectivity index (χ1v) is 22.5. The maximum Gasteiger partial charge on any atom is 0.123 e. The van der Waals surface area contributed by atoms with Crippen molar-refractivity contribution >= 4 is 44.8 Å². The molecule has 0 saturated heterocycles. The smallest absolute Gasteiger partial charge is 0.123 e. The van der Waals surface area contributed by atoms with Gasteiger partial charge in [0.1, 0.15) is 5.82 Å². The Morgan fingerprint density at radius 1 is 0.667 bits per heavy atom. The van der Waals surface area contributed by atoms with Crippen LogP contribution in [0.3, 0.4) is 0 Å². The van der Waals surface area contributed by atoms with E-state index in [-0.39, 0.29) is 31.8 Å². The van der Waals surface area contributed by atoms with Crippen LogP contribution in [0.1, 0.15) is 49.3 Å². The maximum atomic E-state index is 13.4. The molecule has 1 atom stereocenters. The molecule has 0 aliphatic carbocycles. The molecular formula is C48H43FIrN2SSi-2. The Hall–Kier alpha value is -4.58. The largest absolute Gasteiger partial charge is 0.305 e. The van der Waals surface area contributed by atoms with Crippen LogP contribution in [-0.4, -0.2) is 18.0 Å². The third kappa shape index (κ3) is 8.53. The molecule has 3 heterocycles. The Morgan fingerprint density at radius 2 is 1.41 bits per heavy atom. The van der Waals surface area contributed by atoms with Crippen LogP contribution < -0.4 is 5.19 Å². The van der Waals surface area contributed by atoms with Gasteiger partial charge < -0.3 is 9.97 Å². The number of benzene rings is 5. The maximum absolute atomic E-state index is 13.4. The van der Waals surface area contributed by atoms with Crippen molar-refractivity contribution in [3.63, 3.8) is 0 Å². The number of nitrogens with zero attached hydrogens (tertiary/aromatic N) is 2. The number of rotatable bonds is 7. The minimum absolute atomic E-state index is 0. The second-order valence-corrected chi connectivity index (χ2v) is 21.0. The summed E-state index contributed by atoms with van der Waals surface area (Å²) in [6, 6.07) is 49.1. The van der Waals surface area contributed by atoms with E-state index in [0.29, 0.717) is 5.92 Å². The van der Waals surface area contributed by atoms with E-state index in [9.17, 15) is 4.39 Å². The Morgan fingerprint density at radius 3 is 2.11 bits per heavy atom. The summed E-state index contributed by atoms with van der Waals surface area (Å²) >= 11 is 1.76. The Bertz CT molecular complexity index is 2490. The monoisotopic (exact) mass is 919 g/mol. The van der Waals surface area contributed by atoms with Crippen LogP contribution in [0.15, 0.2) is 140 Å². The Labute approximate surface area is 337 Å². The number of hydrogen-bond donors (Lipinski definition) is 0. The summed E-state index contributed by atoms with van der Waals surface area (Å²) in [6.07, 6.45) is 3.99. The quantitative estimate of drug-likeness (QED) is 0.118. The van der Waals surface area contributed by atoms with Crippen molar-refractivity contribution in [1.82, 2.24) is 9.97 Å². The van der Waals surface area contributed by atoms with Gasteiger partial charge in [0, 0.05) is 43.1 Å². The van der Waals surface area contributed by atoms with Crippen LogP contribution in [-0.2, 0) is 20.1 Å². The fraction of sp³-hybridized carbons (Fsp3) is 0.167. The second kappa shape index (κ2) is 16.8. The topological polar surface area (TPSA) is 25.8 Å². The molecular weight excluding hydrogens is 876 g/mol. The van der Waals surface area contributed by atoms with Gasteiger partial charge in [-0.15, -0.1) is 59.7 Å². The minimum Gasteiger partial charge on any atom is -0.305 e. The van der Waals surface area contributed by atoms with Crippen LogP contribution in [0, 0.1) is 17.9 Å². The normalized spacial score (nSPS) is 11.9. The third-order valence-corrected chi connectivity index (χ3v) is 13.0. The molecule has 6 heteroatoms. The van der Waals surface area contributed by atoms with Gasteiger partial charge in [-0.25, -0.2) is 4.39 Å². The fourth-order valence-corrected chi connectivity index (χ4v) is 9.74. The summed E-state index contributed by atoms with van der Waals surface area (Å²) < 4.78 is 15.8. The average molecular weight is 919 g/mol. The predicted octanol–water partition coefficient (Wildman–Crippen LogP) is 13.1. The summed E-state index contributed by atoms with van der Waals surface area (Å²) in [5.41, 5.74) is 10.1. The van der Waals surface area contributed by atoms with E-state index in [1.165, 1.54) is 54.2 Å². The molecule has 54 heavy (non-hydrogen) atoms. The van der Waals surface area contributed by atoms with Crippen molar-refractivity contribution in [3.8, 4) is 33.6 Å². The molecule has 0 saturated carbocycles. The predicted molar refractivity (Wildman–Crippen MR) is 226 cm³/mol. The van der Waals surface area contributed by atoms with E-state index in [1.54, 1.807) is 11.3 Å². The van der Waals surface area contributed by atoms with Crippen LogP contribution in [0.5, 0.6) is 0 Å². The Kier molecular flexibility index (Phi) is 12.2. The van der Waals surface area contributed by atoms with Crippen molar-refractivity contribution in [3.05, 3.63) is 174 Å². The van der Waals surface area contributed by atoms with E-state index < -0.39 is 8.07 Å². The molecule has 3 aromatic heterocycles. The van der Waals surface area contributed by atoms with Gasteiger partial charge in [-0.2, -0.15) is 11.3 Å². The van der Waals surface area contributed by atoms with Gasteiger partial charge in [-0.1, -0.05) is 118 Å². The molecule has 0 spiro atoms. The SMILES string of the molecule is CC(C)c1cc(-c2[c-]cccc2)ncc1[Si](C)(C)C.CC(c1ccccc1)c1ccnc(-c2[c-]ccc3c2sc2cc(-c4ccc(F)cc4)ccc23)c1.[Ir]. The van der Waals surface area contributed by atoms with Crippen molar-refractivity contribution in [1.29, 1.82) is 0 Å². The van der Waals surface area contributed by atoms with Crippen molar-refractivity contribution in [2.24, 2.45) is 0 Å². The van der Waals surface area contributed by atoms with E-state index in [0.717, 1.165) is 33.6 Å². The molecule has 0 bridgehead atoms. The van der Waals surface area contributed by atoms with Crippen LogP contribution in [0.4, 0.5) is 4.39 Å². The molecule has 5 aromatic carbocycles. The zero-order chi connectivity index (χ0) is 37.1. The summed E-state index contributed by atoms with van der Waals surface area (Å²) in [4.78, 5) is 9.38. The molecule has 0 aliphatic rings. The molecule has 1 unspecified atom stereocenters. The van der Waals surface area contributed by atoms with Crippen LogP contribution in [0.2, 0.25) is 19.6 Å². The first-order chi connectivity index (χ1) is 25.6. The molecule has 8 aromatic rings. The van der Waals surface area contributed by atoms with E-state index in [2.05, 4.69) is 137 Å². The Balaban J connectivity index is 0.000000213. The zero-order valence-corrected chi connectivity index (χ0v) is 35.7. The van der Waals surface area contributed by atoms with Gasteiger partial charge in [0.25, 0.3) is 0 Å². The van der Waals surface area contributed by atoms with E-state index in [4.69, 9.17) is 4.98 Å². The van der Waals surface area contributed by atoms with E-state index >= 15 is 0 Å². The summed E-state index contributed by atoms with van der Waals surface area (Å²) in [7, 11) is -1.34. The van der Waals surface area contributed by atoms with Crippen molar-refractivity contribution in [2.75, 3.05) is 0 Å². The van der Waals surface area contributed by atoms with Crippen molar-refractivity contribution in [2.45, 2.75) is 52.2 Å². The molecule has 2 nitrogen and oxygen atoms in total. The molecule has 8 rings (SSSR count). The number of halogens is 1. The molecule has 0 aliphatic heterocycles. The third-order valence-electron chi connectivity index (χ3n) is 9.80. The molecule has 1 radical (unpaired) electrons. The van der Waals surface area contributed by atoms with Gasteiger partial charge in [-0.3, -0.25) is 0 Å². The number of thiophene rings is 1. The average Bonchev–Trinajstić information content (AvgIpc) is 3.56. The van der Waals surface area contributed by atoms with Gasteiger partial charge in [-0.05, 0) is 79.1 Å². The van der Waals surface area contributed by atoms with Crippen molar-refractivity contribution < 1.29 is 24.5 Å². The van der Waals surface area contributed by atoms with Crippen LogP contribution >= 0.6 is 11.3 Å². The van der Waals surface area contributed by atoms with Gasteiger partial charge >= 0.3 is 0 Å². The summed E-state index contributed by atoms with van der Waals surface area (Å²) in [6.45, 7) is 13.9. The molecule has 0 N–H and O–H groups in total. The second-order valence-electron chi connectivity index (χ2n) is 14.9. The fourth-order valence-electron chi connectivity index (χ4n) is 6.82. The number of hydrogen-bond acceptors (Lipinski definition) is 3.